The number of rotatable bonds is 6. The molecule has 0 aromatic carbocycles. The smallest absolute Gasteiger partial charge is 0.383 e. The highest BCUT2D eigenvalue weighted by molar-refractivity contribution is 5.62. The number of alkyl halides is 4. The maximum atomic E-state index is 13.2. The van der Waals surface area contributed by atoms with Crippen LogP contribution in [0.5, 0.6) is 0 Å². The predicted molar refractivity (Wildman–Crippen MR) is 99.7 cm³/mol. The zero-order chi connectivity index (χ0) is 20.3. The fraction of sp³-hybridized carbons (Fsp3) is 0.600. The van der Waals surface area contributed by atoms with Crippen molar-refractivity contribution in [2.75, 3.05) is 32.0 Å². The van der Waals surface area contributed by atoms with E-state index in [1.807, 2.05) is 6.20 Å². The molecule has 3 atom stereocenters. The third-order valence-electron chi connectivity index (χ3n) is 6.44. The molecule has 5 rings (SSSR count). The second-order valence-electron chi connectivity index (χ2n) is 8.52. The molecule has 3 aliphatic rings. The van der Waals surface area contributed by atoms with Crippen molar-refractivity contribution in [2.45, 2.75) is 31.5 Å². The number of fused-ring (bicyclic) bond motifs is 1. The Morgan fingerprint density at radius 2 is 1.90 bits per heavy atom. The quantitative estimate of drug-likeness (QED) is 0.741. The van der Waals surface area contributed by atoms with E-state index in [4.69, 9.17) is 10.7 Å². The average Bonchev–Trinajstić information content (AvgIpc) is 3.50. The molecule has 1 aliphatic heterocycles. The molecule has 156 valence electrons. The van der Waals surface area contributed by atoms with Gasteiger partial charge in [-0.25, -0.2) is 14.4 Å². The van der Waals surface area contributed by atoms with Gasteiger partial charge < -0.3 is 15.2 Å². The molecule has 2 aliphatic carbocycles. The number of nitrogens with two attached hydrogens (primary N) is 1. The molecule has 29 heavy (non-hydrogen) atoms. The number of piperidine rings is 1. The molecular formula is C20H23F4N5. The van der Waals surface area contributed by atoms with Crippen molar-refractivity contribution in [3.8, 4) is 11.3 Å². The molecule has 9 heteroatoms. The summed E-state index contributed by atoms with van der Waals surface area (Å²) in [7, 11) is 0. The van der Waals surface area contributed by atoms with Gasteiger partial charge in [-0.2, -0.15) is 13.2 Å². The van der Waals surface area contributed by atoms with Crippen LogP contribution < -0.4 is 5.73 Å². The fourth-order valence-corrected chi connectivity index (χ4v) is 4.70. The Kier molecular flexibility index (Phi) is 4.34. The van der Waals surface area contributed by atoms with Gasteiger partial charge in [0.2, 0.25) is 0 Å². The molecule has 2 N–H and O–H groups in total. The van der Waals surface area contributed by atoms with E-state index >= 15 is 0 Å². The monoisotopic (exact) mass is 409 g/mol. The van der Waals surface area contributed by atoms with Gasteiger partial charge in [0.15, 0.2) is 0 Å². The van der Waals surface area contributed by atoms with Gasteiger partial charge in [0, 0.05) is 50.1 Å². The minimum Gasteiger partial charge on any atom is -0.383 e. The van der Waals surface area contributed by atoms with Crippen molar-refractivity contribution in [1.82, 2.24) is 19.4 Å². The summed E-state index contributed by atoms with van der Waals surface area (Å²) in [6.07, 6.45) is 1.86. The minimum absolute atomic E-state index is 0.310. The third-order valence-corrected chi connectivity index (χ3v) is 6.44. The van der Waals surface area contributed by atoms with Crippen LogP contribution in [0.4, 0.5) is 23.4 Å². The summed E-state index contributed by atoms with van der Waals surface area (Å²) in [5.74, 6) is 1.96. The van der Waals surface area contributed by atoms with Crippen LogP contribution in [0.1, 0.15) is 30.3 Å². The van der Waals surface area contributed by atoms with Gasteiger partial charge in [0.1, 0.15) is 18.3 Å². The summed E-state index contributed by atoms with van der Waals surface area (Å²) < 4.78 is 54.4. The van der Waals surface area contributed by atoms with Gasteiger partial charge >= 0.3 is 6.18 Å². The summed E-state index contributed by atoms with van der Waals surface area (Å²) in [4.78, 5) is 10.6. The van der Waals surface area contributed by atoms with Gasteiger partial charge in [-0.3, -0.25) is 0 Å². The summed E-state index contributed by atoms with van der Waals surface area (Å²) in [5, 5.41) is 0. The number of imidazole rings is 1. The van der Waals surface area contributed by atoms with Crippen LogP contribution in [0.2, 0.25) is 0 Å². The number of nitrogen functional groups attached to an aromatic ring is 1. The molecule has 3 heterocycles. The van der Waals surface area contributed by atoms with Crippen molar-refractivity contribution < 1.29 is 17.6 Å². The Bertz CT molecular complexity index is 908. The van der Waals surface area contributed by atoms with Crippen LogP contribution in [0.15, 0.2) is 18.5 Å². The SMILES string of the molecule is Nc1ncc(-c2cn([C@@H]3[C@@H]4CN(CCF)C[C@@H]43)c(CC3CC3)n2)cc1C(F)(F)F. The number of aromatic nitrogens is 3. The Morgan fingerprint density at radius 1 is 1.17 bits per heavy atom. The number of halogens is 4. The van der Waals surface area contributed by atoms with Crippen molar-refractivity contribution in [3.63, 3.8) is 0 Å². The van der Waals surface area contributed by atoms with Crippen LogP contribution in [-0.2, 0) is 12.6 Å². The first-order valence-corrected chi connectivity index (χ1v) is 10.0. The van der Waals surface area contributed by atoms with Crippen molar-refractivity contribution in [1.29, 1.82) is 0 Å². The van der Waals surface area contributed by atoms with E-state index < -0.39 is 17.6 Å². The highest BCUT2D eigenvalue weighted by Gasteiger charge is 2.57. The van der Waals surface area contributed by atoms with E-state index in [1.54, 1.807) is 0 Å². The molecule has 0 radical (unpaired) electrons. The second-order valence-corrected chi connectivity index (χ2v) is 8.52. The summed E-state index contributed by atoms with van der Waals surface area (Å²) >= 11 is 0. The summed E-state index contributed by atoms with van der Waals surface area (Å²) in [6.45, 7) is 1.88. The average molecular weight is 409 g/mol. The van der Waals surface area contributed by atoms with E-state index in [0.29, 0.717) is 41.6 Å². The fourth-order valence-electron chi connectivity index (χ4n) is 4.70. The molecule has 2 aromatic heterocycles. The Balaban J connectivity index is 1.44. The lowest BCUT2D eigenvalue weighted by Gasteiger charge is -2.18. The second kappa shape index (κ2) is 6.68. The van der Waals surface area contributed by atoms with Crippen LogP contribution in [0.3, 0.4) is 0 Å². The van der Waals surface area contributed by atoms with Crippen molar-refractivity contribution in [3.05, 3.63) is 29.8 Å². The van der Waals surface area contributed by atoms with Gasteiger partial charge in [0.05, 0.1) is 11.3 Å². The zero-order valence-corrected chi connectivity index (χ0v) is 15.9. The highest BCUT2D eigenvalue weighted by Crippen LogP contribution is 2.56. The Morgan fingerprint density at radius 3 is 2.52 bits per heavy atom. The van der Waals surface area contributed by atoms with E-state index in [9.17, 15) is 17.6 Å². The number of likely N-dealkylation sites (tertiary alicyclic amines) is 1. The van der Waals surface area contributed by atoms with Crippen LogP contribution >= 0.6 is 0 Å². The molecule has 2 aromatic rings. The van der Waals surface area contributed by atoms with E-state index in [-0.39, 0.29) is 6.67 Å². The highest BCUT2D eigenvalue weighted by atomic mass is 19.4. The Hall–Kier alpha value is -2.16. The largest absolute Gasteiger partial charge is 0.419 e. The van der Waals surface area contributed by atoms with Crippen molar-refractivity contribution in [2.24, 2.45) is 17.8 Å². The standard InChI is InChI=1S/C20H23F4N5/c21-3-4-28-8-13-14(9-28)18(13)29-10-16(27-17(29)5-11-1-2-11)12-6-15(20(22,23)24)19(25)26-7-12/h6-7,10-11,13-14,18H,1-5,8-9H2,(H2,25,26)/t13-,14+,18-. The van der Waals surface area contributed by atoms with Crippen LogP contribution in [0.25, 0.3) is 11.3 Å². The van der Waals surface area contributed by atoms with Gasteiger partial charge in [-0.05, 0) is 36.7 Å². The Labute approximate surface area is 165 Å². The molecule has 0 unspecified atom stereocenters. The minimum atomic E-state index is -4.56. The molecule has 5 nitrogen and oxygen atoms in total. The summed E-state index contributed by atoms with van der Waals surface area (Å²) in [6, 6.07) is 1.34. The number of anilines is 1. The van der Waals surface area contributed by atoms with Gasteiger partial charge in [0.25, 0.3) is 0 Å². The molecular weight excluding hydrogens is 386 g/mol. The maximum absolute atomic E-state index is 13.2. The first-order valence-electron chi connectivity index (χ1n) is 10.0. The molecule has 2 saturated carbocycles. The number of hydrogen-bond acceptors (Lipinski definition) is 4. The zero-order valence-electron chi connectivity index (χ0n) is 15.9. The van der Waals surface area contributed by atoms with E-state index in [1.165, 1.54) is 19.0 Å². The van der Waals surface area contributed by atoms with Gasteiger partial charge in [-0.15, -0.1) is 0 Å². The van der Waals surface area contributed by atoms with E-state index in [2.05, 4.69) is 14.5 Å². The number of pyridine rings is 1. The lowest BCUT2D eigenvalue weighted by molar-refractivity contribution is -0.137. The first-order chi connectivity index (χ1) is 13.8. The molecule has 1 saturated heterocycles. The molecule has 0 bridgehead atoms. The predicted octanol–water partition coefficient (Wildman–Crippen LogP) is 3.57. The summed E-state index contributed by atoms with van der Waals surface area (Å²) in [5.41, 5.74) is 5.33. The van der Waals surface area contributed by atoms with Crippen molar-refractivity contribution >= 4 is 5.82 Å². The van der Waals surface area contributed by atoms with E-state index in [0.717, 1.165) is 31.4 Å². The van der Waals surface area contributed by atoms with Crippen LogP contribution in [-0.4, -0.2) is 45.7 Å². The number of nitrogens with zero attached hydrogens (tertiary/aromatic N) is 4. The molecule has 3 fully saturated rings. The normalized spacial score (nSPS) is 26.7. The topological polar surface area (TPSA) is 60.0 Å². The van der Waals surface area contributed by atoms with Gasteiger partial charge in [-0.1, -0.05) is 0 Å². The molecule has 0 amide bonds. The maximum Gasteiger partial charge on any atom is 0.419 e. The number of hydrogen-bond donors (Lipinski definition) is 1. The third kappa shape index (κ3) is 3.49. The lowest BCUT2D eigenvalue weighted by atomic mass is 10.1. The lowest BCUT2D eigenvalue weighted by Crippen LogP contribution is -2.27. The first kappa shape index (κ1) is 18.8. The van der Waals surface area contributed by atoms with Crippen LogP contribution in [0, 0.1) is 17.8 Å². The molecule has 0 spiro atoms.